The number of aromatic amines is 1. The summed E-state index contributed by atoms with van der Waals surface area (Å²) in [5.74, 6) is 0.205. The van der Waals surface area contributed by atoms with Crippen molar-refractivity contribution in [2.45, 2.75) is 0 Å². The van der Waals surface area contributed by atoms with Crippen LogP contribution in [0.5, 0.6) is 5.75 Å². The van der Waals surface area contributed by atoms with Gasteiger partial charge in [-0.15, -0.1) is 0 Å². The van der Waals surface area contributed by atoms with Gasteiger partial charge in [-0.3, -0.25) is 0 Å². The average molecular weight is 277 g/mol. The molecule has 5 heteroatoms. The molecule has 0 radical (unpaired) electrons. The summed E-state index contributed by atoms with van der Waals surface area (Å²) in [5, 5.41) is 17.1. The maximum absolute atomic E-state index is 11.9. The van der Waals surface area contributed by atoms with E-state index < -0.39 is 0 Å². The minimum absolute atomic E-state index is 0.205. The molecule has 0 unspecified atom stereocenters. The summed E-state index contributed by atoms with van der Waals surface area (Å²) in [4.78, 5) is 11.9. The monoisotopic (exact) mass is 277 g/mol. The van der Waals surface area contributed by atoms with Gasteiger partial charge in [0, 0.05) is 5.39 Å². The van der Waals surface area contributed by atoms with Crippen molar-refractivity contribution in [2.24, 2.45) is 0 Å². The van der Waals surface area contributed by atoms with Gasteiger partial charge in [-0.25, -0.2) is 14.3 Å². The second kappa shape index (κ2) is 4.21. The molecule has 2 aromatic heterocycles. The van der Waals surface area contributed by atoms with Crippen LogP contribution in [0.3, 0.4) is 0 Å². The van der Waals surface area contributed by atoms with Gasteiger partial charge in [0.1, 0.15) is 5.75 Å². The van der Waals surface area contributed by atoms with Crippen LogP contribution < -0.4 is 5.69 Å². The van der Waals surface area contributed by atoms with Crippen molar-refractivity contribution < 1.29 is 5.11 Å². The highest BCUT2D eigenvalue weighted by molar-refractivity contribution is 5.97. The van der Waals surface area contributed by atoms with Gasteiger partial charge in [0.25, 0.3) is 0 Å². The third-order valence-corrected chi connectivity index (χ3v) is 3.56. The Morgan fingerprint density at radius 1 is 1.05 bits per heavy atom. The van der Waals surface area contributed by atoms with E-state index in [9.17, 15) is 9.90 Å². The Bertz CT molecular complexity index is 1030. The van der Waals surface area contributed by atoms with E-state index in [1.54, 1.807) is 22.6 Å². The second-order valence-corrected chi connectivity index (χ2v) is 4.85. The molecular weight excluding hydrogens is 266 g/mol. The van der Waals surface area contributed by atoms with Gasteiger partial charge in [-0.05, 0) is 35.4 Å². The van der Waals surface area contributed by atoms with E-state index in [1.807, 2.05) is 36.4 Å². The number of aromatic nitrogens is 3. The predicted molar refractivity (Wildman–Crippen MR) is 80.4 cm³/mol. The van der Waals surface area contributed by atoms with Gasteiger partial charge in [-0.1, -0.05) is 30.3 Å². The molecule has 4 aromatic rings. The number of phenolic OH excluding ortho intramolecular Hbond substituents is 1. The van der Waals surface area contributed by atoms with E-state index in [0.717, 1.165) is 22.0 Å². The van der Waals surface area contributed by atoms with Crippen molar-refractivity contribution in [1.29, 1.82) is 0 Å². The van der Waals surface area contributed by atoms with Gasteiger partial charge < -0.3 is 5.11 Å². The Balaban J connectivity index is 2.20. The number of fused-ring (bicyclic) bond motifs is 3. The van der Waals surface area contributed by atoms with Crippen LogP contribution >= 0.6 is 0 Å². The van der Waals surface area contributed by atoms with Crippen molar-refractivity contribution in [1.82, 2.24) is 14.6 Å². The minimum atomic E-state index is -0.261. The summed E-state index contributed by atoms with van der Waals surface area (Å²) in [6.45, 7) is 0. The number of aromatic hydroxyl groups is 1. The van der Waals surface area contributed by atoms with Crippen LogP contribution in [-0.4, -0.2) is 19.7 Å². The van der Waals surface area contributed by atoms with E-state index in [1.165, 1.54) is 0 Å². The normalized spacial score (nSPS) is 11.2. The Kier molecular flexibility index (Phi) is 2.35. The Hall–Kier alpha value is -3.08. The zero-order valence-electron chi connectivity index (χ0n) is 10.9. The molecule has 0 aliphatic rings. The molecule has 0 saturated heterocycles. The fourth-order valence-electron chi connectivity index (χ4n) is 2.65. The molecule has 4 rings (SSSR count). The fraction of sp³-hybridized carbons (Fsp3) is 0. The molecule has 2 N–H and O–H groups in total. The number of pyridine rings is 1. The van der Waals surface area contributed by atoms with Crippen molar-refractivity contribution in [3.8, 4) is 16.9 Å². The molecule has 0 amide bonds. The summed E-state index contributed by atoms with van der Waals surface area (Å²) >= 11 is 0. The summed E-state index contributed by atoms with van der Waals surface area (Å²) in [7, 11) is 0. The summed E-state index contributed by atoms with van der Waals surface area (Å²) in [5.41, 5.74) is 2.88. The van der Waals surface area contributed by atoms with Crippen LogP contribution in [0.2, 0.25) is 0 Å². The highest BCUT2D eigenvalue weighted by Crippen LogP contribution is 2.31. The number of benzene rings is 2. The highest BCUT2D eigenvalue weighted by Gasteiger charge is 2.11. The predicted octanol–water partition coefficient (Wildman–Crippen LogP) is 2.55. The zero-order valence-corrected chi connectivity index (χ0v) is 10.9. The summed E-state index contributed by atoms with van der Waals surface area (Å²) in [6.07, 6.45) is 0. The van der Waals surface area contributed by atoms with Crippen LogP contribution in [-0.2, 0) is 0 Å². The van der Waals surface area contributed by atoms with E-state index in [4.69, 9.17) is 0 Å². The third-order valence-electron chi connectivity index (χ3n) is 3.56. The maximum atomic E-state index is 11.9. The molecule has 102 valence electrons. The van der Waals surface area contributed by atoms with Gasteiger partial charge in [0.15, 0.2) is 5.65 Å². The number of para-hydroxylation sites is 1. The number of phenols is 1. The largest absolute Gasteiger partial charge is 0.508 e. The highest BCUT2D eigenvalue weighted by atomic mass is 16.3. The lowest BCUT2D eigenvalue weighted by Gasteiger charge is -2.08. The first kappa shape index (κ1) is 11.7. The number of nitrogens with zero attached hydrogens (tertiary/aromatic N) is 2. The van der Waals surface area contributed by atoms with E-state index >= 15 is 0 Å². The van der Waals surface area contributed by atoms with Gasteiger partial charge in [0.05, 0.1) is 5.52 Å². The standard InChI is InChI=1S/C16H11N3O2/c20-11-5-3-4-10(8-11)13-9-15-17-18-16(21)19(15)14-7-2-1-6-12(13)14/h1-9,20H,(H,18,21). The Labute approximate surface area is 119 Å². The van der Waals surface area contributed by atoms with Crippen LogP contribution in [0.15, 0.2) is 59.4 Å². The average Bonchev–Trinajstić information content (AvgIpc) is 2.88. The summed E-state index contributed by atoms with van der Waals surface area (Å²) < 4.78 is 1.54. The molecule has 0 saturated carbocycles. The topological polar surface area (TPSA) is 70.4 Å². The number of rotatable bonds is 1. The SMILES string of the molecule is O=c1[nH]nc2cc(-c3cccc(O)c3)c3ccccc3n12. The molecule has 0 atom stereocenters. The fourth-order valence-corrected chi connectivity index (χ4v) is 2.65. The molecule has 0 fully saturated rings. The first-order valence-electron chi connectivity index (χ1n) is 6.52. The van der Waals surface area contributed by atoms with E-state index in [2.05, 4.69) is 10.2 Å². The van der Waals surface area contributed by atoms with Crippen LogP contribution in [0.25, 0.3) is 27.7 Å². The van der Waals surface area contributed by atoms with Gasteiger partial charge in [-0.2, -0.15) is 5.10 Å². The van der Waals surface area contributed by atoms with Gasteiger partial charge >= 0.3 is 5.69 Å². The van der Waals surface area contributed by atoms with E-state index in [0.29, 0.717) is 5.65 Å². The first-order chi connectivity index (χ1) is 10.2. The zero-order chi connectivity index (χ0) is 14.4. The third kappa shape index (κ3) is 1.71. The molecule has 0 aliphatic heterocycles. The second-order valence-electron chi connectivity index (χ2n) is 4.85. The Morgan fingerprint density at radius 2 is 1.90 bits per heavy atom. The molecule has 0 bridgehead atoms. The number of H-pyrrole nitrogens is 1. The van der Waals surface area contributed by atoms with Crippen molar-refractivity contribution in [2.75, 3.05) is 0 Å². The quantitative estimate of drug-likeness (QED) is 0.561. The number of nitrogens with one attached hydrogen (secondary N) is 1. The molecular formula is C16H11N3O2. The lowest BCUT2D eigenvalue weighted by Crippen LogP contribution is -2.10. The molecule has 0 spiro atoms. The first-order valence-corrected chi connectivity index (χ1v) is 6.52. The van der Waals surface area contributed by atoms with Crippen molar-refractivity contribution in [3.05, 3.63) is 65.1 Å². The van der Waals surface area contributed by atoms with Gasteiger partial charge in [0.2, 0.25) is 0 Å². The van der Waals surface area contributed by atoms with Crippen LogP contribution in [0, 0.1) is 0 Å². The van der Waals surface area contributed by atoms with Crippen molar-refractivity contribution >= 4 is 16.6 Å². The minimum Gasteiger partial charge on any atom is -0.508 e. The molecule has 5 nitrogen and oxygen atoms in total. The number of hydrogen-bond donors (Lipinski definition) is 2. The lowest BCUT2D eigenvalue weighted by molar-refractivity contribution is 0.475. The maximum Gasteiger partial charge on any atom is 0.348 e. The Morgan fingerprint density at radius 3 is 2.76 bits per heavy atom. The van der Waals surface area contributed by atoms with E-state index in [-0.39, 0.29) is 11.4 Å². The van der Waals surface area contributed by atoms with Crippen molar-refractivity contribution in [3.63, 3.8) is 0 Å². The summed E-state index contributed by atoms with van der Waals surface area (Å²) in [6, 6.07) is 16.5. The lowest BCUT2D eigenvalue weighted by atomic mass is 10.0. The number of hydrogen-bond acceptors (Lipinski definition) is 3. The molecule has 2 aromatic carbocycles. The molecule has 2 heterocycles. The molecule has 21 heavy (non-hydrogen) atoms. The van der Waals surface area contributed by atoms with Crippen LogP contribution in [0.1, 0.15) is 0 Å². The molecule has 0 aliphatic carbocycles. The smallest absolute Gasteiger partial charge is 0.348 e. The van der Waals surface area contributed by atoms with Crippen LogP contribution in [0.4, 0.5) is 0 Å².